The number of benzene rings is 3. The highest BCUT2D eigenvalue weighted by Gasteiger charge is 2.12. The lowest BCUT2D eigenvalue weighted by atomic mass is 10.1. The van der Waals surface area contributed by atoms with Crippen molar-refractivity contribution in [3.8, 4) is 11.5 Å². The lowest BCUT2D eigenvalue weighted by Crippen LogP contribution is -2.25. The fourth-order valence-corrected chi connectivity index (χ4v) is 4.18. The quantitative estimate of drug-likeness (QED) is 0.241. The lowest BCUT2D eigenvalue weighted by Gasteiger charge is -2.13. The largest absolute Gasteiger partial charge is 0.490 e. The second kappa shape index (κ2) is 12.7. The maximum absolute atomic E-state index is 13.7. The van der Waals surface area contributed by atoms with Gasteiger partial charge < -0.3 is 19.4 Å². The van der Waals surface area contributed by atoms with E-state index in [0.29, 0.717) is 26.3 Å². The first kappa shape index (κ1) is 25.2. The van der Waals surface area contributed by atoms with Crippen molar-refractivity contribution in [3.05, 3.63) is 90.0 Å². The van der Waals surface area contributed by atoms with Crippen LogP contribution in [0.15, 0.2) is 72.8 Å². The third-order valence-corrected chi connectivity index (χ3v) is 5.94. The Hall–Kier alpha value is -3.87. The van der Waals surface area contributed by atoms with E-state index in [2.05, 4.69) is 16.0 Å². The van der Waals surface area contributed by atoms with Gasteiger partial charge in [0.1, 0.15) is 18.2 Å². The second-order valence-electron chi connectivity index (χ2n) is 8.44. The Morgan fingerprint density at radius 1 is 0.917 bits per heavy atom. The molecule has 0 saturated heterocycles. The number of aromatic nitrogens is 2. The third kappa shape index (κ3) is 6.42. The summed E-state index contributed by atoms with van der Waals surface area (Å²) in [5, 5.41) is 2.80. The van der Waals surface area contributed by atoms with Crippen LogP contribution in [0, 0.1) is 5.82 Å². The van der Waals surface area contributed by atoms with E-state index in [9.17, 15) is 9.18 Å². The Kier molecular flexibility index (Phi) is 8.92. The van der Waals surface area contributed by atoms with E-state index in [4.69, 9.17) is 14.5 Å². The molecule has 0 aliphatic carbocycles. The van der Waals surface area contributed by atoms with Gasteiger partial charge in [-0.25, -0.2) is 9.37 Å². The van der Waals surface area contributed by atoms with Crippen molar-refractivity contribution in [2.45, 2.75) is 39.2 Å². The summed E-state index contributed by atoms with van der Waals surface area (Å²) in [4.78, 5) is 17.0. The predicted octanol–water partition coefficient (Wildman–Crippen LogP) is 5.80. The summed E-state index contributed by atoms with van der Waals surface area (Å²) in [7, 11) is 0. The fraction of sp³-hybridized carbons (Fsp3) is 0.310. The van der Waals surface area contributed by atoms with Crippen molar-refractivity contribution >= 4 is 16.9 Å². The number of nitrogens with zero attached hydrogens (tertiary/aromatic N) is 2. The molecule has 0 aliphatic heterocycles. The minimum absolute atomic E-state index is 0.0808. The highest BCUT2D eigenvalue weighted by molar-refractivity contribution is 5.94. The van der Waals surface area contributed by atoms with Gasteiger partial charge in [0.2, 0.25) is 0 Å². The van der Waals surface area contributed by atoms with Crippen molar-refractivity contribution in [1.29, 1.82) is 0 Å². The van der Waals surface area contributed by atoms with Crippen LogP contribution in [-0.2, 0) is 13.0 Å². The SMILES string of the molecule is CCOc1ccccc1OCCn1c(CCCCCNC(=O)c2ccccc2F)nc2ccccc21. The summed E-state index contributed by atoms with van der Waals surface area (Å²) in [6.07, 6.45) is 3.51. The number of halogens is 1. The van der Waals surface area contributed by atoms with Crippen LogP contribution in [0.3, 0.4) is 0 Å². The van der Waals surface area contributed by atoms with Gasteiger partial charge in [0, 0.05) is 13.0 Å². The molecule has 0 bridgehead atoms. The smallest absolute Gasteiger partial charge is 0.254 e. The van der Waals surface area contributed by atoms with E-state index in [1.54, 1.807) is 12.1 Å². The molecule has 0 fully saturated rings. The average Bonchev–Trinajstić information content (AvgIpc) is 3.24. The zero-order chi connectivity index (χ0) is 25.2. The Morgan fingerprint density at radius 3 is 2.44 bits per heavy atom. The zero-order valence-corrected chi connectivity index (χ0v) is 20.6. The van der Waals surface area contributed by atoms with Crippen molar-refractivity contribution in [2.75, 3.05) is 19.8 Å². The molecule has 4 rings (SSSR count). The number of hydrogen-bond acceptors (Lipinski definition) is 4. The minimum Gasteiger partial charge on any atom is -0.490 e. The molecule has 188 valence electrons. The van der Waals surface area contributed by atoms with Gasteiger partial charge in [-0.2, -0.15) is 0 Å². The maximum atomic E-state index is 13.7. The summed E-state index contributed by atoms with van der Waals surface area (Å²) in [6, 6.07) is 21.9. The molecule has 1 N–H and O–H groups in total. The number of amides is 1. The van der Waals surface area contributed by atoms with Crippen molar-refractivity contribution in [1.82, 2.24) is 14.9 Å². The summed E-state index contributed by atoms with van der Waals surface area (Å²) < 4.78 is 27.7. The van der Waals surface area contributed by atoms with Crippen LogP contribution in [-0.4, -0.2) is 35.2 Å². The van der Waals surface area contributed by atoms with Gasteiger partial charge in [-0.05, 0) is 56.2 Å². The fourth-order valence-electron chi connectivity index (χ4n) is 4.18. The van der Waals surface area contributed by atoms with Gasteiger partial charge in [0.25, 0.3) is 5.91 Å². The van der Waals surface area contributed by atoms with Crippen molar-refractivity contribution in [3.63, 3.8) is 0 Å². The summed E-state index contributed by atoms with van der Waals surface area (Å²) in [6.45, 7) is 4.23. The number of para-hydroxylation sites is 4. The minimum atomic E-state index is -0.501. The van der Waals surface area contributed by atoms with E-state index in [1.165, 1.54) is 12.1 Å². The highest BCUT2D eigenvalue weighted by Crippen LogP contribution is 2.26. The molecule has 0 spiro atoms. The monoisotopic (exact) mass is 489 g/mol. The number of rotatable bonds is 13. The number of hydrogen-bond donors (Lipinski definition) is 1. The van der Waals surface area contributed by atoms with E-state index in [0.717, 1.165) is 54.0 Å². The van der Waals surface area contributed by atoms with E-state index >= 15 is 0 Å². The number of aryl methyl sites for hydroxylation is 1. The van der Waals surface area contributed by atoms with Crippen LogP contribution >= 0.6 is 0 Å². The number of imidazole rings is 1. The maximum Gasteiger partial charge on any atom is 0.254 e. The lowest BCUT2D eigenvalue weighted by molar-refractivity contribution is 0.0949. The van der Waals surface area contributed by atoms with Crippen molar-refractivity contribution < 1.29 is 18.7 Å². The Bertz CT molecular complexity index is 1290. The Balaban J connectivity index is 1.29. The molecular weight excluding hydrogens is 457 g/mol. The van der Waals surface area contributed by atoms with E-state index in [-0.39, 0.29) is 11.5 Å². The number of fused-ring (bicyclic) bond motifs is 1. The van der Waals surface area contributed by atoms with Crippen LogP contribution in [0.1, 0.15) is 42.4 Å². The zero-order valence-electron chi connectivity index (χ0n) is 20.6. The van der Waals surface area contributed by atoms with Crippen LogP contribution in [0.2, 0.25) is 0 Å². The molecule has 6 nitrogen and oxygen atoms in total. The molecule has 0 atom stereocenters. The standard InChI is InChI=1S/C29H32FN3O3/c1-2-35-26-16-9-10-17-27(26)36-21-20-33-25-15-8-7-14-24(25)32-28(33)18-4-3-11-19-31-29(34)22-12-5-6-13-23(22)30/h5-10,12-17H,2-4,11,18-21H2,1H3,(H,31,34). The molecule has 0 unspecified atom stereocenters. The van der Waals surface area contributed by atoms with Gasteiger partial charge in [-0.15, -0.1) is 0 Å². The molecule has 0 aliphatic rings. The first-order valence-electron chi connectivity index (χ1n) is 12.5. The average molecular weight is 490 g/mol. The normalized spacial score (nSPS) is 10.9. The first-order chi connectivity index (χ1) is 17.7. The molecule has 36 heavy (non-hydrogen) atoms. The van der Waals surface area contributed by atoms with E-state index < -0.39 is 5.82 Å². The van der Waals surface area contributed by atoms with Crippen LogP contribution in [0.4, 0.5) is 4.39 Å². The van der Waals surface area contributed by atoms with Crippen LogP contribution in [0.5, 0.6) is 11.5 Å². The van der Waals surface area contributed by atoms with Crippen molar-refractivity contribution in [2.24, 2.45) is 0 Å². The molecule has 7 heteroatoms. The Morgan fingerprint density at radius 2 is 1.64 bits per heavy atom. The first-order valence-corrected chi connectivity index (χ1v) is 12.5. The number of unbranched alkanes of at least 4 members (excludes halogenated alkanes) is 2. The molecule has 1 heterocycles. The van der Waals surface area contributed by atoms with Gasteiger partial charge in [-0.3, -0.25) is 4.79 Å². The summed E-state index contributed by atoms with van der Waals surface area (Å²) in [5.74, 6) is 1.63. The van der Waals surface area contributed by atoms with Gasteiger partial charge in [0.05, 0.1) is 29.7 Å². The third-order valence-electron chi connectivity index (χ3n) is 5.94. The number of ether oxygens (including phenoxy) is 2. The molecule has 0 radical (unpaired) electrons. The number of carbonyl (C=O) groups is 1. The molecular formula is C29H32FN3O3. The summed E-state index contributed by atoms with van der Waals surface area (Å²) >= 11 is 0. The number of nitrogens with one attached hydrogen (secondary N) is 1. The van der Waals surface area contributed by atoms with Crippen LogP contribution < -0.4 is 14.8 Å². The summed E-state index contributed by atoms with van der Waals surface area (Å²) in [5.41, 5.74) is 2.14. The number of carbonyl (C=O) groups excluding carboxylic acids is 1. The van der Waals surface area contributed by atoms with Gasteiger partial charge in [0.15, 0.2) is 11.5 Å². The van der Waals surface area contributed by atoms with Crippen LogP contribution in [0.25, 0.3) is 11.0 Å². The topological polar surface area (TPSA) is 65.4 Å². The molecule has 4 aromatic rings. The second-order valence-corrected chi connectivity index (χ2v) is 8.44. The van der Waals surface area contributed by atoms with Gasteiger partial charge >= 0.3 is 0 Å². The Labute approximate surface area is 211 Å². The van der Waals surface area contributed by atoms with E-state index in [1.807, 2.05) is 49.4 Å². The molecule has 0 saturated carbocycles. The highest BCUT2D eigenvalue weighted by atomic mass is 19.1. The molecule has 3 aromatic carbocycles. The van der Waals surface area contributed by atoms with Gasteiger partial charge in [-0.1, -0.05) is 42.8 Å². The predicted molar refractivity (Wildman–Crippen MR) is 139 cm³/mol. The molecule has 1 aromatic heterocycles. The molecule has 1 amide bonds.